The third-order valence-electron chi connectivity index (χ3n) is 3.24. The number of ether oxygens (including phenoxy) is 2. The second-order valence-corrected chi connectivity index (χ2v) is 5.39. The molecule has 0 saturated carbocycles. The largest absolute Gasteiger partial charge is 0.491 e. The molecule has 19 heavy (non-hydrogen) atoms. The molecule has 0 radical (unpaired) electrons. The van der Waals surface area contributed by atoms with Gasteiger partial charge in [0.05, 0.1) is 18.9 Å². The lowest BCUT2D eigenvalue weighted by molar-refractivity contribution is 0.0595. The summed E-state index contributed by atoms with van der Waals surface area (Å²) in [6.45, 7) is 5.48. The Hall–Kier alpha value is -0.930. The number of halogens is 1. The van der Waals surface area contributed by atoms with Crippen molar-refractivity contribution in [1.29, 1.82) is 0 Å². The van der Waals surface area contributed by atoms with Gasteiger partial charge < -0.3 is 14.8 Å². The van der Waals surface area contributed by atoms with Crippen LogP contribution in [0.2, 0.25) is 5.02 Å². The second-order valence-electron chi connectivity index (χ2n) is 4.95. The third-order valence-corrected chi connectivity index (χ3v) is 3.47. The summed E-state index contributed by atoms with van der Waals surface area (Å²) in [5.74, 6) is 1.45. The predicted molar refractivity (Wildman–Crippen MR) is 79.3 cm³/mol. The Balaban J connectivity index is 1.94. The van der Waals surface area contributed by atoms with Crippen LogP contribution in [-0.4, -0.2) is 26.4 Å². The Morgan fingerprint density at radius 2 is 2.37 bits per heavy atom. The standard InChI is InChI=1S/C15H22ClNO2/c1-2-7-19-15-6-5-13(16)9-14(15)17-10-12-4-3-8-18-11-12/h5-6,9,12,17H,2-4,7-8,10-11H2,1H3. The minimum Gasteiger partial charge on any atom is -0.491 e. The highest BCUT2D eigenvalue weighted by Crippen LogP contribution is 2.29. The smallest absolute Gasteiger partial charge is 0.142 e. The maximum atomic E-state index is 6.05. The minimum atomic E-state index is 0.576. The summed E-state index contributed by atoms with van der Waals surface area (Å²) in [5.41, 5.74) is 0.978. The molecule has 1 aliphatic heterocycles. The van der Waals surface area contributed by atoms with E-state index in [0.717, 1.165) is 55.7 Å². The van der Waals surface area contributed by atoms with Gasteiger partial charge in [0.15, 0.2) is 0 Å². The number of benzene rings is 1. The molecule has 2 rings (SSSR count). The zero-order valence-electron chi connectivity index (χ0n) is 11.5. The quantitative estimate of drug-likeness (QED) is 0.857. The highest BCUT2D eigenvalue weighted by molar-refractivity contribution is 6.30. The first kappa shape index (κ1) is 14.5. The average molecular weight is 284 g/mol. The van der Waals surface area contributed by atoms with E-state index in [1.165, 1.54) is 6.42 Å². The Kier molecular flexibility index (Phi) is 5.80. The van der Waals surface area contributed by atoms with Gasteiger partial charge in [0.25, 0.3) is 0 Å². The topological polar surface area (TPSA) is 30.5 Å². The molecule has 0 amide bonds. The molecule has 0 aliphatic carbocycles. The molecule has 1 heterocycles. The molecule has 1 atom stereocenters. The first-order valence-corrected chi connectivity index (χ1v) is 7.41. The fraction of sp³-hybridized carbons (Fsp3) is 0.600. The van der Waals surface area contributed by atoms with Crippen molar-refractivity contribution in [3.05, 3.63) is 23.2 Å². The van der Waals surface area contributed by atoms with E-state index in [1.807, 2.05) is 18.2 Å². The van der Waals surface area contributed by atoms with Crippen LogP contribution < -0.4 is 10.1 Å². The summed E-state index contributed by atoms with van der Waals surface area (Å²) in [4.78, 5) is 0. The molecule has 1 saturated heterocycles. The van der Waals surface area contributed by atoms with Crippen LogP contribution in [0.15, 0.2) is 18.2 Å². The monoisotopic (exact) mass is 283 g/mol. The van der Waals surface area contributed by atoms with Crippen LogP contribution in [0.5, 0.6) is 5.75 Å². The van der Waals surface area contributed by atoms with Crippen molar-refractivity contribution in [2.75, 3.05) is 31.7 Å². The normalized spacial score (nSPS) is 19.2. The second kappa shape index (κ2) is 7.61. The van der Waals surface area contributed by atoms with Crippen LogP contribution in [0.3, 0.4) is 0 Å². The Morgan fingerprint density at radius 1 is 1.47 bits per heavy atom. The summed E-state index contributed by atoms with van der Waals surface area (Å²) in [6.07, 6.45) is 3.37. The van der Waals surface area contributed by atoms with Gasteiger partial charge in [0.2, 0.25) is 0 Å². The first-order chi connectivity index (χ1) is 9.29. The molecule has 1 unspecified atom stereocenters. The van der Waals surface area contributed by atoms with E-state index >= 15 is 0 Å². The van der Waals surface area contributed by atoms with Crippen molar-refractivity contribution in [3.63, 3.8) is 0 Å². The van der Waals surface area contributed by atoms with Crippen LogP contribution in [0.4, 0.5) is 5.69 Å². The molecule has 0 bridgehead atoms. The summed E-state index contributed by atoms with van der Waals surface area (Å²) in [5, 5.41) is 4.17. The third kappa shape index (κ3) is 4.59. The van der Waals surface area contributed by atoms with Crippen molar-refractivity contribution in [1.82, 2.24) is 0 Å². The number of anilines is 1. The highest BCUT2D eigenvalue weighted by atomic mass is 35.5. The summed E-state index contributed by atoms with van der Waals surface area (Å²) in [7, 11) is 0. The Morgan fingerprint density at radius 3 is 3.11 bits per heavy atom. The van der Waals surface area contributed by atoms with E-state index in [-0.39, 0.29) is 0 Å². The van der Waals surface area contributed by atoms with Crippen molar-refractivity contribution < 1.29 is 9.47 Å². The van der Waals surface area contributed by atoms with Gasteiger partial charge in [-0.3, -0.25) is 0 Å². The van der Waals surface area contributed by atoms with Gasteiger partial charge in [0.1, 0.15) is 5.75 Å². The molecule has 1 aromatic rings. The fourth-order valence-corrected chi connectivity index (χ4v) is 2.37. The SMILES string of the molecule is CCCOc1ccc(Cl)cc1NCC1CCCOC1. The van der Waals surface area contributed by atoms with Gasteiger partial charge in [-0.1, -0.05) is 18.5 Å². The summed E-state index contributed by atoms with van der Waals surface area (Å²) < 4.78 is 11.2. The lowest BCUT2D eigenvalue weighted by atomic mass is 10.0. The molecule has 1 aromatic carbocycles. The maximum absolute atomic E-state index is 6.05. The molecule has 4 heteroatoms. The van der Waals surface area contributed by atoms with Crippen molar-refractivity contribution in [3.8, 4) is 5.75 Å². The minimum absolute atomic E-state index is 0.576. The molecular formula is C15H22ClNO2. The van der Waals surface area contributed by atoms with Crippen LogP contribution in [0.1, 0.15) is 26.2 Å². The summed E-state index contributed by atoms with van der Waals surface area (Å²) in [6, 6.07) is 5.72. The van der Waals surface area contributed by atoms with E-state index in [1.54, 1.807) is 0 Å². The van der Waals surface area contributed by atoms with Crippen LogP contribution >= 0.6 is 11.6 Å². The summed E-state index contributed by atoms with van der Waals surface area (Å²) >= 11 is 6.05. The molecular weight excluding hydrogens is 262 g/mol. The number of rotatable bonds is 6. The van der Waals surface area contributed by atoms with E-state index in [2.05, 4.69) is 12.2 Å². The van der Waals surface area contributed by atoms with E-state index in [4.69, 9.17) is 21.1 Å². The van der Waals surface area contributed by atoms with E-state index in [9.17, 15) is 0 Å². The lowest BCUT2D eigenvalue weighted by Crippen LogP contribution is -2.24. The van der Waals surface area contributed by atoms with Gasteiger partial charge in [-0.2, -0.15) is 0 Å². The fourth-order valence-electron chi connectivity index (χ4n) is 2.20. The molecule has 1 fully saturated rings. The molecule has 1 N–H and O–H groups in total. The molecule has 1 aliphatic rings. The predicted octanol–water partition coefficient (Wildman–Crippen LogP) is 3.97. The Bertz CT molecular complexity index is 392. The number of hydrogen-bond acceptors (Lipinski definition) is 3. The number of nitrogens with one attached hydrogen (secondary N) is 1. The van der Waals surface area contributed by atoms with Gasteiger partial charge in [0, 0.05) is 18.2 Å². The van der Waals surface area contributed by atoms with Crippen LogP contribution in [-0.2, 0) is 4.74 Å². The Labute approximate surface area is 120 Å². The van der Waals surface area contributed by atoms with Gasteiger partial charge >= 0.3 is 0 Å². The first-order valence-electron chi connectivity index (χ1n) is 7.03. The van der Waals surface area contributed by atoms with E-state index < -0.39 is 0 Å². The van der Waals surface area contributed by atoms with Crippen LogP contribution in [0, 0.1) is 5.92 Å². The van der Waals surface area contributed by atoms with Gasteiger partial charge in [-0.25, -0.2) is 0 Å². The van der Waals surface area contributed by atoms with Crippen LogP contribution in [0.25, 0.3) is 0 Å². The molecule has 3 nitrogen and oxygen atoms in total. The van der Waals surface area contributed by atoms with Crippen molar-refractivity contribution in [2.45, 2.75) is 26.2 Å². The average Bonchev–Trinajstić information content (AvgIpc) is 2.45. The molecule has 0 aromatic heterocycles. The molecule has 106 valence electrons. The van der Waals surface area contributed by atoms with Crippen molar-refractivity contribution in [2.24, 2.45) is 5.92 Å². The van der Waals surface area contributed by atoms with Gasteiger partial charge in [-0.05, 0) is 43.4 Å². The maximum Gasteiger partial charge on any atom is 0.142 e. The number of hydrogen-bond donors (Lipinski definition) is 1. The lowest BCUT2D eigenvalue weighted by Gasteiger charge is -2.23. The zero-order chi connectivity index (χ0) is 13.5. The zero-order valence-corrected chi connectivity index (χ0v) is 12.2. The van der Waals surface area contributed by atoms with Crippen molar-refractivity contribution >= 4 is 17.3 Å². The van der Waals surface area contributed by atoms with Gasteiger partial charge in [-0.15, -0.1) is 0 Å². The molecule has 0 spiro atoms. The highest BCUT2D eigenvalue weighted by Gasteiger charge is 2.14. The van der Waals surface area contributed by atoms with E-state index in [0.29, 0.717) is 5.92 Å².